The Kier molecular flexibility index (Phi) is 7.53. The number of carbonyl (C=O) groups is 1. The molecule has 0 radical (unpaired) electrons. The lowest BCUT2D eigenvalue weighted by Gasteiger charge is -2.12. The molecular formula is C19H27N3O3S. The molecule has 0 saturated carbocycles. The summed E-state index contributed by atoms with van der Waals surface area (Å²) in [6.07, 6.45) is 7.59. The third-order valence-corrected chi connectivity index (χ3v) is 5.33. The van der Waals surface area contributed by atoms with Gasteiger partial charge in [-0.2, -0.15) is 0 Å². The van der Waals surface area contributed by atoms with Crippen LogP contribution in [-0.4, -0.2) is 33.8 Å². The standard InChI is InChI=1S/C19H27N3O3S/c1-5-7-8-16-15(13(4)25-22-16)9-10-17-20-12(3)18(26-17)19(24)21-14(6-2)11-23/h9-10,14,23H,5-8,11H2,1-4H3,(H,21,24)/t14-/m0/s1. The highest BCUT2D eigenvalue weighted by molar-refractivity contribution is 7.14. The summed E-state index contributed by atoms with van der Waals surface area (Å²) in [7, 11) is 0. The molecule has 0 spiro atoms. The lowest BCUT2D eigenvalue weighted by Crippen LogP contribution is -2.36. The monoisotopic (exact) mass is 377 g/mol. The molecule has 26 heavy (non-hydrogen) atoms. The predicted octanol–water partition coefficient (Wildman–Crippen LogP) is 3.76. The number of nitrogens with one attached hydrogen (secondary N) is 1. The zero-order valence-electron chi connectivity index (χ0n) is 15.8. The van der Waals surface area contributed by atoms with Crippen LogP contribution in [0.1, 0.15) is 70.5 Å². The molecule has 0 aliphatic heterocycles. The molecule has 0 aromatic carbocycles. The minimum atomic E-state index is -0.233. The first-order chi connectivity index (χ1) is 12.5. The average molecular weight is 378 g/mol. The zero-order valence-corrected chi connectivity index (χ0v) is 16.7. The van der Waals surface area contributed by atoms with E-state index in [9.17, 15) is 9.90 Å². The molecule has 142 valence electrons. The molecule has 2 aromatic heterocycles. The molecule has 6 nitrogen and oxygen atoms in total. The van der Waals surface area contributed by atoms with Gasteiger partial charge in [0.15, 0.2) is 0 Å². The predicted molar refractivity (Wildman–Crippen MR) is 104 cm³/mol. The number of unbranched alkanes of at least 4 members (excludes halogenated alkanes) is 1. The Balaban J connectivity index is 2.15. The van der Waals surface area contributed by atoms with Crippen molar-refractivity contribution in [1.82, 2.24) is 15.5 Å². The van der Waals surface area contributed by atoms with Crippen molar-refractivity contribution < 1.29 is 14.4 Å². The van der Waals surface area contributed by atoms with Crippen LogP contribution in [0.2, 0.25) is 0 Å². The molecule has 0 saturated heterocycles. The summed E-state index contributed by atoms with van der Waals surface area (Å²) in [5.74, 6) is 0.595. The zero-order chi connectivity index (χ0) is 19.1. The molecule has 1 atom stereocenters. The van der Waals surface area contributed by atoms with Crippen LogP contribution in [0.3, 0.4) is 0 Å². The number of hydrogen-bond acceptors (Lipinski definition) is 6. The Morgan fingerprint density at radius 3 is 2.77 bits per heavy atom. The third-order valence-electron chi connectivity index (χ3n) is 4.21. The fourth-order valence-electron chi connectivity index (χ4n) is 2.54. The summed E-state index contributed by atoms with van der Waals surface area (Å²) < 4.78 is 5.31. The lowest BCUT2D eigenvalue weighted by molar-refractivity contribution is 0.0918. The first kappa shape index (κ1) is 20.3. The van der Waals surface area contributed by atoms with Crippen LogP contribution in [0, 0.1) is 13.8 Å². The molecule has 1 amide bonds. The minimum Gasteiger partial charge on any atom is -0.394 e. The summed E-state index contributed by atoms with van der Waals surface area (Å²) in [6.45, 7) is 7.72. The Bertz CT molecular complexity index is 760. The van der Waals surface area contributed by atoms with Crippen LogP contribution < -0.4 is 5.32 Å². The van der Waals surface area contributed by atoms with Crippen molar-refractivity contribution in [3.63, 3.8) is 0 Å². The highest BCUT2D eigenvalue weighted by Crippen LogP contribution is 2.23. The van der Waals surface area contributed by atoms with Gasteiger partial charge in [-0.1, -0.05) is 25.4 Å². The average Bonchev–Trinajstić information content (AvgIpc) is 3.18. The van der Waals surface area contributed by atoms with Gasteiger partial charge in [-0.3, -0.25) is 4.79 Å². The van der Waals surface area contributed by atoms with E-state index in [1.54, 1.807) is 0 Å². The maximum atomic E-state index is 12.4. The Hall–Kier alpha value is -1.99. The molecule has 0 bridgehead atoms. The molecule has 0 fully saturated rings. The topological polar surface area (TPSA) is 88.2 Å². The molecule has 2 N–H and O–H groups in total. The van der Waals surface area contributed by atoms with Crippen molar-refractivity contribution in [3.8, 4) is 0 Å². The molecule has 7 heteroatoms. The maximum absolute atomic E-state index is 12.4. The number of nitrogens with zero attached hydrogens (tertiary/aromatic N) is 2. The molecule has 0 aliphatic carbocycles. The first-order valence-corrected chi connectivity index (χ1v) is 9.84. The fourth-order valence-corrected chi connectivity index (χ4v) is 3.42. The summed E-state index contributed by atoms with van der Waals surface area (Å²) in [6, 6.07) is -0.233. The van der Waals surface area contributed by atoms with E-state index in [-0.39, 0.29) is 18.6 Å². The maximum Gasteiger partial charge on any atom is 0.263 e. The van der Waals surface area contributed by atoms with Crippen LogP contribution in [0.25, 0.3) is 12.2 Å². The van der Waals surface area contributed by atoms with E-state index in [0.717, 1.165) is 41.3 Å². The van der Waals surface area contributed by atoms with Gasteiger partial charge in [0.05, 0.1) is 24.0 Å². The van der Waals surface area contributed by atoms with E-state index in [4.69, 9.17) is 4.52 Å². The van der Waals surface area contributed by atoms with Crippen LogP contribution in [0.5, 0.6) is 0 Å². The number of aryl methyl sites for hydroxylation is 3. The number of hydrogen-bond donors (Lipinski definition) is 2. The fraction of sp³-hybridized carbons (Fsp3) is 0.526. The van der Waals surface area contributed by atoms with Crippen molar-refractivity contribution in [1.29, 1.82) is 0 Å². The lowest BCUT2D eigenvalue weighted by atomic mass is 10.1. The molecule has 2 rings (SSSR count). The van der Waals surface area contributed by atoms with Gasteiger partial charge < -0.3 is 14.9 Å². The van der Waals surface area contributed by atoms with E-state index >= 15 is 0 Å². The van der Waals surface area contributed by atoms with Crippen molar-refractivity contribution >= 4 is 29.4 Å². The van der Waals surface area contributed by atoms with Crippen LogP contribution in [0.15, 0.2) is 4.52 Å². The second kappa shape index (κ2) is 9.64. The van der Waals surface area contributed by atoms with Crippen LogP contribution in [0.4, 0.5) is 0 Å². The summed E-state index contributed by atoms with van der Waals surface area (Å²) in [4.78, 5) is 17.4. The third kappa shape index (κ3) is 5.02. The molecule has 0 aliphatic rings. The van der Waals surface area contributed by atoms with E-state index in [1.165, 1.54) is 11.3 Å². The van der Waals surface area contributed by atoms with Crippen molar-refractivity contribution in [2.45, 2.75) is 59.4 Å². The van der Waals surface area contributed by atoms with Gasteiger partial charge in [0.2, 0.25) is 0 Å². The van der Waals surface area contributed by atoms with Gasteiger partial charge in [-0.05, 0) is 45.3 Å². The highest BCUT2D eigenvalue weighted by Gasteiger charge is 2.17. The van der Waals surface area contributed by atoms with Crippen molar-refractivity contribution in [2.75, 3.05) is 6.61 Å². The van der Waals surface area contributed by atoms with Gasteiger partial charge in [0.25, 0.3) is 5.91 Å². The SMILES string of the molecule is CCCCc1noc(C)c1C=Cc1nc(C)c(C(=O)N[C@@H](CC)CO)s1. The quantitative estimate of drug-likeness (QED) is 0.694. The van der Waals surface area contributed by atoms with Gasteiger partial charge >= 0.3 is 0 Å². The largest absolute Gasteiger partial charge is 0.394 e. The smallest absolute Gasteiger partial charge is 0.263 e. The minimum absolute atomic E-state index is 0.0693. The van der Waals surface area contributed by atoms with Crippen LogP contribution in [-0.2, 0) is 6.42 Å². The number of aliphatic hydroxyl groups excluding tert-OH is 1. The number of rotatable bonds is 9. The normalized spacial score (nSPS) is 12.7. The first-order valence-electron chi connectivity index (χ1n) is 9.02. The second-order valence-corrected chi connectivity index (χ2v) is 7.29. The number of aliphatic hydroxyl groups is 1. The number of aromatic nitrogens is 2. The van der Waals surface area contributed by atoms with Gasteiger partial charge in [0, 0.05) is 5.56 Å². The van der Waals surface area contributed by atoms with Gasteiger partial charge in [-0.15, -0.1) is 11.3 Å². The van der Waals surface area contributed by atoms with E-state index < -0.39 is 0 Å². The van der Waals surface area contributed by atoms with E-state index in [1.807, 2.05) is 32.9 Å². The highest BCUT2D eigenvalue weighted by atomic mass is 32.1. The van der Waals surface area contributed by atoms with Gasteiger partial charge in [-0.25, -0.2) is 4.98 Å². The van der Waals surface area contributed by atoms with Crippen molar-refractivity contribution in [3.05, 3.63) is 32.6 Å². The molecule has 2 aromatic rings. The second-order valence-electron chi connectivity index (χ2n) is 6.26. The number of thiazole rings is 1. The molecule has 0 unspecified atom stereocenters. The molecule has 2 heterocycles. The van der Waals surface area contributed by atoms with Gasteiger partial charge in [0.1, 0.15) is 15.6 Å². The Morgan fingerprint density at radius 1 is 1.35 bits per heavy atom. The van der Waals surface area contributed by atoms with E-state index in [2.05, 4.69) is 22.4 Å². The number of carbonyl (C=O) groups excluding carboxylic acids is 1. The number of amides is 1. The van der Waals surface area contributed by atoms with Crippen LogP contribution >= 0.6 is 11.3 Å². The summed E-state index contributed by atoms with van der Waals surface area (Å²) >= 11 is 1.34. The van der Waals surface area contributed by atoms with E-state index in [0.29, 0.717) is 17.0 Å². The Labute approximate surface area is 158 Å². The molecular weight excluding hydrogens is 350 g/mol. The Morgan fingerprint density at radius 2 is 2.12 bits per heavy atom. The van der Waals surface area contributed by atoms with Crippen molar-refractivity contribution in [2.24, 2.45) is 0 Å². The summed E-state index contributed by atoms with van der Waals surface area (Å²) in [5.41, 5.74) is 2.64. The summed E-state index contributed by atoms with van der Waals surface area (Å²) in [5, 5.41) is 17.0.